The topological polar surface area (TPSA) is 52.0 Å². The van der Waals surface area contributed by atoms with Gasteiger partial charge < -0.3 is 11.5 Å². The monoisotopic (exact) mass is 192 g/mol. The van der Waals surface area contributed by atoms with Gasteiger partial charge in [0.25, 0.3) is 0 Å². The van der Waals surface area contributed by atoms with E-state index in [1.54, 1.807) is 11.3 Å². The van der Waals surface area contributed by atoms with Gasteiger partial charge in [-0.3, -0.25) is 0 Å². The molecule has 0 saturated heterocycles. The molecule has 0 aliphatic heterocycles. The second-order valence-electron chi connectivity index (χ2n) is 2.96. The quantitative estimate of drug-likeness (QED) is 0.762. The summed E-state index contributed by atoms with van der Waals surface area (Å²) in [6.45, 7) is 1.18. The van der Waals surface area contributed by atoms with E-state index in [0.717, 1.165) is 0 Å². The summed E-state index contributed by atoms with van der Waals surface area (Å²) in [6.07, 6.45) is 0. The lowest BCUT2D eigenvalue weighted by molar-refractivity contribution is 1.06. The largest absolute Gasteiger partial charge is 0.326 e. The molecular weight excluding hydrogens is 180 g/mol. The highest BCUT2D eigenvalue weighted by Crippen LogP contribution is 2.28. The summed E-state index contributed by atoms with van der Waals surface area (Å²) in [5.74, 6) is 0. The molecular formula is C10H12N2S. The van der Waals surface area contributed by atoms with E-state index < -0.39 is 0 Å². The van der Waals surface area contributed by atoms with Gasteiger partial charge in [0.1, 0.15) is 0 Å². The van der Waals surface area contributed by atoms with E-state index in [4.69, 9.17) is 11.5 Å². The number of fused-ring (bicyclic) bond motifs is 1. The average Bonchev–Trinajstić information content (AvgIpc) is 2.60. The Hall–Kier alpha value is -0.900. The van der Waals surface area contributed by atoms with Crippen LogP contribution in [-0.2, 0) is 13.1 Å². The molecule has 2 nitrogen and oxygen atoms in total. The molecule has 0 fully saturated rings. The molecule has 1 heterocycles. The Bertz CT molecular complexity index is 420. The highest BCUT2D eigenvalue weighted by molar-refractivity contribution is 7.17. The molecule has 0 bridgehead atoms. The highest BCUT2D eigenvalue weighted by atomic mass is 32.1. The maximum absolute atomic E-state index is 5.66. The zero-order valence-corrected chi connectivity index (χ0v) is 8.10. The van der Waals surface area contributed by atoms with Crippen LogP contribution in [0.2, 0.25) is 0 Å². The summed E-state index contributed by atoms with van der Waals surface area (Å²) in [5.41, 5.74) is 13.7. The van der Waals surface area contributed by atoms with Gasteiger partial charge in [-0.1, -0.05) is 12.1 Å². The van der Waals surface area contributed by atoms with E-state index in [1.807, 2.05) is 6.07 Å². The summed E-state index contributed by atoms with van der Waals surface area (Å²) in [5, 5.41) is 3.38. The van der Waals surface area contributed by atoms with Crippen molar-refractivity contribution in [3.63, 3.8) is 0 Å². The van der Waals surface area contributed by atoms with Gasteiger partial charge in [0.15, 0.2) is 0 Å². The minimum atomic E-state index is 0.584. The van der Waals surface area contributed by atoms with Crippen LogP contribution in [0.3, 0.4) is 0 Å². The Morgan fingerprint density at radius 1 is 1.08 bits per heavy atom. The minimum Gasteiger partial charge on any atom is -0.326 e. The Morgan fingerprint density at radius 3 is 2.54 bits per heavy atom. The molecule has 68 valence electrons. The molecule has 0 unspecified atom stereocenters. The van der Waals surface area contributed by atoms with E-state index >= 15 is 0 Å². The van der Waals surface area contributed by atoms with E-state index in [9.17, 15) is 0 Å². The van der Waals surface area contributed by atoms with Gasteiger partial charge in [-0.2, -0.15) is 0 Å². The molecule has 2 aromatic rings. The van der Waals surface area contributed by atoms with Crippen LogP contribution >= 0.6 is 11.3 Å². The van der Waals surface area contributed by atoms with Crippen molar-refractivity contribution < 1.29 is 0 Å². The molecule has 0 saturated carbocycles. The molecule has 1 aromatic carbocycles. The fourth-order valence-corrected chi connectivity index (χ4v) is 2.57. The molecule has 0 aliphatic carbocycles. The first-order valence-electron chi connectivity index (χ1n) is 4.25. The maximum Gasteiger partial charge on any atom is 0.0349 e. The van der Waals surface area contributed by atoms with E-state index in [0.29, 0.717) is 13.1 Å². The third-order valence-corrected chi connectivity index (χ3v) is 3.20. The van der Waals surface area contributed by atoms with Gasteiger partial charge >= 0.3 is 0 Å². The zero-order chi connectivity index (χ0) is 9.26. The SMILES string of the molecule is NCc1cccc2scc(CN)c12. The van der Waals surface area contributed by atoms with Crippen molar-refractivity contribution in [2.75, 3.05) is 0 Å². The van der Waals surface area contributed by atoms with Crippen LogP contribution < -0.4 is 11.5 Å². The molecule has 0 amide bonds. The molecule has 1 aromatic heterocycles. The van der Waals surface area contributed by atoms with Crippen molar-refractivity contribution in [3.05, 3.63) is 34.7 Å². The summed E-state index contributed by atoms with van der Waals surface area (Å²) in [6, 6.07) is 6.22. The van der Waals surface area contributed by atoms with Crippen LogP contribution in [0.4, 0.5) is 0 Å². The summed E-state index contributed by atoms with van der Waals surface area (Å²) in [7, 11) is 0. The minimum absolute atomic E-state index is 0.584. The van der Waals surface area contributed by atoms with Crippen molar-refractivity contribution in [3.8, 4) is 0 Å². The summed E-state index contributed by atoms with van der Waals surface area (Å²) in [4.78, 5) is 0. The van der Waals surface area contributed by atoms with Gasteiger partial charge in [0, 0.05) is 23.2 Å². The summed E-state index contributed by atoms with van der Waals surface area (Å²) < 4.78 is 1.28. The first-order chi connectivity index (χ1) is 6.36. The number of nitrogens with two attached hydrogens (primary N) is 2. The van der Waals surface area contributed by atoms with Crippen LogP contribution in [0.1, 0.15) is 11.1 Å². The van der Waals surface area contributed by atoms with Gasteiger partial charge in [0.2, 0.25) is 0 Å². The van der Waals surface area contributed by atoms with Crippen molar-refractivity contribution >= 4 is 21.4 Å². The Morgan fingerprint density at radius 2 is 1.85 bits per heavy atom. The van der Waals surface area contributed by atoms with Crippen LogP contribution in [0, 0.1) is 0 Å². The van der Waals surface area contributed by atoms with Crippen LogP contribution in [-0.4, -0.2) is 0 Å². The second-order valence-corrected chi connectivity index (χ2v) is 3.87. The lowest BCUT2D eigenvalue weighted by Gasteiger charge is -2.01. The van der Waals surface area contributed by atoms with Crippen molar-refractivity contribution in [1.82, 2.24) is 0 Å². The first kappa shape index (κ1) is 8.69. The lowest BCUT2D eigenvalue weighted by Crippen LogP contribution is -2.00. The molecule has 0 atom stereocenters. The predicted octanol–water partition coefficient (Wildman–Crippen LogP) is 1.82. The Balaban J connectivity index is 2.76. The third-order valence-electron chi connectivity index (χ3n) is 2.20. The third kappa shape index (κ3) is 1.35. The number of rotatable bonds is 2. The first-order valence-corrected chi connectivity index (χ1v) is 5.13. The number of hydrogen-bond donors (Lipinski definition) is 2. The number of thiophene rings is 1. The number of benzene rings is 1. The molecule has 0 aliphatic rings. The van der Waals surface area contributed by atoms with Crippen LogP contribution in [0.5, 0.6) is 0 Å². The van der Waals surface area contributed by atoms with Gasteiger partial charge in [-0.05, 0) is 22.6 Å². The van der Waals surface area contributed by atoms with Crippen LogP contribution in [0.25, 0.3) is 10.1 Å². The molecule has 13 heavy (non-hydrogen) atoms. The molecule has 0 spiro atoms. The molecule has 0 radical (unpaired) electrons. The molecule has 3 heteroatoms. The van der Waals surface area contributed by atoms with Crippen molar-refractivity contribution in [2.24, 2.45) is 11.5 Å². The van der Waals surface area contributed by atoms with Gasteiger partial charge in [-0.15, -0.1) is 11.3 Å². The maximum atomic E-state index is 5.66. The normalized spacial score (nSPS) is 10.9. The van der Waals surface area contributed by atoms with Gasteiger partial charge in [0.05, 0.1) is 0 Å². The summed E-state index contributed by atoms with van der Waals surface area (Å²) >= 11 is 1.73. The second kappa shape index (κ2) is 3.46. The standard InChI is InChI=1S/C10H12N2S/c11-4-7-2-1-3-9-10(7)8(5-12)6-13-9/h1-3,6H,4-5,11-12H2. The Labute approximate surface area is 81.2 Å². The van der Waals surface area contributed by atoms with Crippen LogP contribution in [0.15, 0.2) is 23.6 Å². The average molecular weight is 192 g/mol. The fourth-order valence-electron chi connectivity index (χ4n) is 1.55. The van der Waals surface area contributed by atoms with Gasteiger partial charge in [-0.25, -0.2) is 0 Å². The lowest BCUT2D eigenvalue weighted by atomic mass is 10.1. The fraction of sp³-hybridized carbons (Fsp3) is 0.200. The zero-order valence-electron chi connectivity index (χ0n) is 7.29. The smallest absolute Gasteiger partial charge is 0.0349 e. The molecule has 4 N–H and O–H groups in total. The predicted molar refractivity (Wildman–Crippen MR) is 57.6 cm³/mol. The number of hydrogen-bond acceptors (Lipinski definition) is 3. The van der Waals surface area contributed by atoms with Crippen molar-refractivity contribution in [2.45, 2.75) is 13.1 Å². The highest BCUT2D eigenvalue weighted by Gasteiger charge is 2.05. The Kier molecular flexibility index (Phi) is 2.31. The van der Waals surface area contributed by atoms with E-state index in [1.165, 1.54) is 21.2 Å². The molecule has 2 rings (SSSR count). The van der Waals surface area contributed by atoms with E-state index in [-0.39, 0.29) is 0 Å². The van der Waals surface area contributed by atoms with Crippen molar-refractivity contribution in [1.29, 1.82) is 0 Å². The van der Waals surface area contributed by atoms with E-state index in [2.05, 4.69) is 17.5 Å².